The highest BCUT2D eigenvalue weighted by Crippen LogP contribution is 2.22. The topological polar surface area (TPSA) is 75.7 Å². The van der Waals surface area contributed by atoms with E-state index >= 15 is 0 Å². The van der Waals surface area contributed by atoms with E-state index in [1.165, 1.54) is 16.4 Å². The molecule has 1 saturated heterocycles. The van der Waals surface area contributed by atoms with E-state index in [1.807, 2.05) is 38.1 Å². The number of anilines is 1. The molecule has 1 aliphatic heterocycles. The number of sulfonamides is 1. The lowest BCUT2D eigenvalue weighted by molar-refractivity contribution is -0.122. The van der Waals surface area contributed by atoms with Crippen molar-refractivity contribution >= 4 is 21.6 Å². The molecule has 1 atom stereocenters. The number of rotatable bonds is 7. The predicted octanol–water partition coefficient (Wildman–Crippen LogP) is 3.58. The Morgan fingerprint density at radius 3 is 2.25 bits per heavy atom. The molecule has 150 valence electrons. The number of nitrogens with one attached hydrogen (secondary N) is 1. The lowest BCUT2D eigenvalue weighted by Crippen LogP contribution is -2.32. The monoisotopic (exact) mass is 402 g/mol. The fourth-order valence-corrected chi connectivity index (χ4v) is 4.63. The van der Waals surface area contributed by atoms with Crippen molar-refractivity contribution in [3.05, 3.63) is 54.1 Å². The summed E-state index contributed by atoms with van der Waals surface area (Å²) in [6, 6.07) is 13.8. The molecule has 0 aliphatic carbocycles. The van der Waals surface area contributed by atoms with E-state index in [2.05, 4.69) is 5.32 Å². The zero-order valence-corrected chi connectivity index (χ0v) is 17.0. The molecule has 0 spiro atoms. The number of benzene rings is 2. The van der Waals surface area contributed by atoms with E-state index in [0.29, 0.717) is 30.9 Å². The van der Waals surface area contributed by atoms with Gasteiger partial charge >= 0.3 is 0 Å². The third kappa shape index (κ3) is 4.72. The van der Waals surface area contributed by atoms with Gasteiger partial charge in [-0.1, -0.05) is 24.6 Å². The zero-order chi connectivity index (χ0) is 20.1. The highest BCUT2D eigenvalue weighted by atomic mass is 32.2. The molecule has 1 heterocycles. The van der Waals surface area contributed by atoms with Crippen LogP contribution in [0.25, 0.3) is 0 Å². The van der Waals surface area contributed by atoms with Crippen LogP contribution < -0.4 is 10.1 Å². The molecule has 1 fully saturated rings. The Hall–Kier alpha value is -2.38. The fourth-order valence-electron chi connectivity index (χ4n) is 3.11. The van der Waals surface area contributed by atoms with E-state index in [-0.39, 0.29) is 10.8 Å². The van der Waals surface area contributed by atoms with E-state index in [9.17, 15) is 13.2 Å². The van der Waals surface area contributed by atoms with Gasteiger partial charge in [0.25, 0.3) is 5.91 Å². The van der Waals surface area contributed by atoms with Crippen molar-refractivity contribution in [3.63, 3.8) is 0 Å². The van der Waals surface area contributed by atoms with Gasteiger partial charge in [0.1, 0.15) is 5.75 Å². The zero-order valence-electron chi connectivity index (χ0n) is 16.2. The van der Waals surface area contributed by atoms with Gasteiger partial charge in [0.05, 0.1) is 4.90 Å². The minimum Gasteiger partial charge on any atom is -0.481 e. The maximum Gasteiger partial charge on any atom is 0.265 e. The SMILES string of the molecule is CC[C@H](Oc1ccc(C)cc1)C(=O)Nc1ccc(S(=O)(=O)N2CCCC2)cc1. The van der Waals surface area contributed by atoms with Crippen LogP contribution in [0.2, 0.25) is 0 Å². The number of carbonyl (C=O) groups excluding carboxylic acids is 1. The second-order valence-electron chi connectivity index (χ2n) is 6.95. The number of ether oxygens (including phenoxy) is 1. The number of carbonyl (C=O) groups is 1. The maximum absolute atomic E-state index is 12.6. The van der Waals surface area contributed by atoms with Gasteiger partial charge in [-0.3, -0.25) is 4.79 Å². The van der Waals surface area contributed by atoms with Crippen molar-refractivity contribution in [1.29, 1.82) is 0 Å². The Labute approximate surface area is 166 Å². The third-order valence-corrected chi connectivity index (χ3v) is 6.70. The summed E-state index contributed by atoms with van der Waals surface area (Å²) in [5, 5.41) is 2.80. The van der Waals surface area contributed by atoms with Crippen LogP contribution in [0.15, 0.2) is 53.4 Å². The average molecular weight is 403 g/mol. The molecule has 2 aromatic carbocycles. The second kappa shape index (κ2) is 8.75. The van der Waals surface area contributed by atoms with Gasteiger partial charge in [-0.05, 0) is 62.6 Å². The first-order valence-corrected chi connectivity index (χ1v) is 11.0. The molecule has 0 radical (unpaired) electrons. The predicted molar refractivity (Wildman–Crippen MR) is 109 cm³/mol. The molecule has 1 amide bonds. The molecule has 7 heteroatoms. The summed E-state index contributed by atoms with van der Waals surface area (Å²) < 4.78 is 32.4. The minimum absolute atomic E-state index is 0.246. The van der Waals surface area contributed by atoms with Gasteiger partial charge in [-0.25, -0.2) is 8.42 Å². The van der Waals surface area contributed by atoms with Crippen molar-refractivity contribution in [2.45, 2.75) is 44.1 Å². The van der Waals surface area contributed by atoms with Gasteiger partial charge in [0.15, 0.2) is 6.10 Å². The van der Waals surface area contributed by atoms with Crippen LogP contribution in [0.1, 0.15) is 31.7 Å². The molecule has 6 nitrogen and oxygen atoms in total. The first kappa shape index (κ1) is 20.4. The van der Waals surface area contributed by atoms with Crippen molar-refractivity contribution in [2.24, 2.45) is 0 Å². The van der Waals surface area contributed by atoms with Crippen molar-refractivity contribution in [1.82, 2.24) is 4.31 Å². The second-order valence-corrected chi connectivity index (χ2v) is 8.89. The van der Waals surface area contributed by atoms with Crippen LogP contribution in [-0.2, 0) is 14.8 Å². The summed E-state index contributed by atoms with van der Waals surface area (Å²) in [4.78, 5) is 12.8. The lowest BCUT2D eigenvalue weighted by atomic mass is 10.2. The maximum atomic E-state index is 12.6. The van der Waals surface area contributed by atoms with E-state index in [4.69, 9.17) is 4.74 Å². The summed E-state index contributed by atoms with van der Waals surface area (Å²) in [5.74, 6) is 0.373. The van der Waals surface area contributed by atoms with Crippen LogP contribution in [0.5, 0.6) is 5.75 Å². The van der Waals surface area contributed by atoms with E-state index in [1.54, 1.807) is 12.1 Å². The first-order chi connectivity index (χ1) is 13.4. The normalized spacial score (nSPS) is 15.9. The lowest BCUT2D eigenvalue weighted by Gasteiger charge is -2.18. The molecule has 28 heavy (non-hydrogen) atoms. The molecular weight excluding hydrogens is 376 g/mol. The average Bonchev–Trinajstić information content (AvgIpc) is 3.23. The summed E-state index contributed by atoms with van der Waals surface area (Å²) >= 11 is 0. The van der Waals surface area contributed by atoms with E-state index < -0.39 is 16.1 Å². The number of nitrogens with zero attached hydrogens (tertiary/aromatic N) is 1. The van der Waals surface area contributed by atoms with Gasteiger partial charge in [0, 0.05) is 18.8 Å². The first-order valence-electron chi connectivity index (χ1n) is 9.54. The number of hydrogen-bond donors (Lipinski definition) is 1. The highest BCUT2D eigenvalue weighted by molar-refractivity contribution is 7.89. The summed E-state index contributed by atoms with van der Waals surface area (Å²) in [7, 11) is -3.45. The van der Waals surface area contributed by atoms with Crippen LogP contribution in [0.4, 0.5) is 5.69 Å². The third-order valence-electron chi connectivity index (χ3n) is 4.79. The molecule has 1 aliphatic rings. The van der Waals surface area contributed by atoms with Gasteiger partial charge in [-0.2, -0.15) is 4.31 Å². The molecule has 0 unspecified atom stereocenters. The van der Waals surface area contributed by atoms with Crippen molar-refractivity contribution < 1.29 is 17.9 Å². The Kier molecular flexibility index (Phi) is 6.36. The number of aryl methyl sites for hydroxylation is 1. The summed E-state index contributed by atoms with van der Waals surface area (Å²) in [6.07, 6.45) is 1.68. The largest absolute Gasteiger partial charge is 0.481 e. The Morgan fingerprint density at radius 1 is 1.07 bits per heavy atom. The van der Waals surface area contributed by atoms with Crippen molar-refractivity contribution in [2.75, 3.05) is 18.4 Å². The van der Waals surface area contributed by atoms with Gasteiger partial charge in [0.2, 0.25) is 10.0 Å². The Balaban J connectivity index is 1.65. The van der Waals surface area contributed by atoms with Crippen LogP contribution in [0, 0.1) is 6.92 Å². The Morgan fingerprint density at radius 2 is 1.68 bits per heavy atom. The molecule has 2 aromatic rings. The summed E-state index contributed by atoms with van der Waals surface area (Å²) in [6.45, 7) is 5.00. The molecule has 0 aromatic heterocycles. The molecule has 0 saturated carbocycles. The minimum atomic E-state index is -3.45. The van der Waals surface area contributed by atoms with E-state index in [0.717, 1.165) is 18.4 Å². The smallest absolute Gasteiger partial charge is 0.265 e. The highest BCUT2D eigenvalue weighted by Gasteiger charge is 2.27. The van der Waals surface area contributed by atoms with Crippen molar-refractivity contribution in [3.8, 4) is 5.75 Å². The molecular formula is C21H26N2O4S. The number of amides is 1. The molecule has 1 N–H and O–H groups in total. The quantitative estimate of drug-likeness (QED) is 0.768. The summed E-state index contributed by atoms with van der Waals surface area (Å²) in [5.41, 5.74) is 1.66. The van der Waals surface area contributed by atoms with Gasteiger partial charge in [-0.15, -0.1) is 0 Å². The van der Waals surface area contributed by atoms with Gasteiger partial charge < -0.3 is 10.1 Å². The van der Waals surface area contributed by atoms with Crippen LogP contribution in [0.3, 0.4) is 0 Å². The molecule has 3 rings (SSSR count). The number of hydrogen-bond acceptors (Lipinski definition) is 4. The van der Waals surface area contributed by atoms with Crippen LogP contribution in [-0.4, -0.2) is 37.8 Å². The van der Waals surface area contributed by atoms with Crippen LogP contribution >= 0.6 is 0 Å². The molecule has 0 bridgehead atoms. The fraction of sp³-hybridized carbons (Fsp3) is 0.381. The standard InChI is InChI=1S/C21H26N2O4S/c1-3-20(27-18-10-6-16(2)7-11-18)21(24)22-17-8-12-19(13-9-17)28(25,26)23-14-4-5-15-23/h6-13,20H,3-5,14-15H2,1-2H3,(H,22,24)/t20-/m0/s1. The Bertz CT molecular complexity index is 902.